The van der Waals surface area contributed by atoms with Crippen molar-refractivity contribution in [3.8, 4) is 11.3 Å². The van der Waals surface area contributed by atoms with Crippen LogP contribution in [0.5, 0.6) is 0 Å². The van der Waals surface area contributed by atoms with Crippen LogP contribution in [0.1, 0.15) is 55.8 Å². The fraction of sp³-hybridized carbons (Fsp3) is 0.333. The predicted molar refractivity (Wildman–Crippen MR) is 148 cm³/mol. The largest absolute Gasteiger partial charge is 0.356 e. The molecule has 2 aromatic heterocycles. The highest BCUT2D eigenvalue weighted by atomic mass is 35.5. The number of halogens is 2. The molecule has 0 fully saturated rings. The summed E-state index contributed by atoms with van der Waals surface area (Å²) in [6, 6.07) is 10.7. The molecule has 0 aliphatic carbocycles. The van der Waals surface area contributed by atoms with E-state index in [1.807, 2.05) is 18.2 Å². The second-order valence-electron chi connectivity index (χ2n) is 9.42. The van der Waals surface area contributed by atoms with Crippen molar-refractivity contribution in [1.82, 2.24) is 30.8 Å². The van der Waals surface area contributed by atoms with Gasteiger partial charge in [-0.15, -0.1) is 5.53 Å². The minimum Gasteiger partial charge on any atom is -0.356 e. The average molecular weight is 554 g/mol. The van der Waals surface area contributed by atoms with Gasteiger partial charge in [0.15, 0.2) is 0 Å². The number of aryl methyl sites for hydroxylation is 1. The lowest BCUT2D eigenvalue weighted by Crippen LogP contribution is -2.36. The first-order valence-electron chi connectivity index (χ1n) is 12.8. The zero-order valence-corrected chi connectivity index (χ0v) is 22.3. The van der Waals surface area contributed by atoms with Crippen molar-refractivity contribution in [2.24, 2.45) is 0 Å². The molecule has 0 radical (unpaired) electrons. The molecule has 198 valence electrons. The van der Waals surface area contributed by atoms with Crippen molar-refractivity contribution >= 4 is 34.8 Å². The van der Waals surface area contributed by atoms with Crippen molar-refractivity contribution in [3.05, 3.63) is 86.9 Å². The highest BCUT2D eigenvalue weighted by molar-refractivity contribution is 6.31. The quantitative estimate of drug-likeness (QED) is 0.412. The second kappa shape index (κ2) is 12.0. The molecule has 0 spiro atoms. The minimum absolute atomic E-state index is 0.102. The van der Waals surface area contributed by atoms with Gasteiger partial charge in [0.2, 0.25) is 5.91 Å². The van der Waals surface area contributed by atoms with Crippen LogP contribution in [0.4, 0.5) is 5.69 Å². The normalized spacial score (nSPS) is 18.8. The number of nitrogens with one attached hydrogen (secondary N) is 3. The summed E-state index contributed by atoms with van der Waals surface area (Å²) in [6.07, 6.45) is 10.6. The Morgan fingerprint density at radius 1 is 0.947 bits per heavy atom. The van der Waals surface area contributed by atoms with Gasteiger partial charge in [0, 0.05) is 35.8 Å². The minimum atomic E-state index is -0.244. The van der Waals surface area contributed by atoms with Gasteiger partial charge < -0.3 is 5.32 Å². The van der Waals surface area contributed by atoms with Gasteiger partial charge >= 0.3 is 0 Å². The molecule has 0 unspecified atom stereocenters. The predicted octanol–water partition coefficient (Wildman–Crippen LogP) is 4.43. The third-order valence-corrected chi connectivity index (χ3v) is 7.16. The van der Waals surface area contributed by atoms with E-state index in [4.69, 9.17) is 23.2 Å². The zero-order valence-electron chi connectivity index (χ0n) is 20.8. The smallest absolute Gasteiger partial charge is 0.254 e. The lowest BCUT2D eigenvalue weighted by molar-refractivity contribution is -0.121. The van der Waals surface area contributed by atoms with Crippen LogP contribution in [0.3, 0.4) is 0 Å². The first-order valence-corrected chi connectivity index (χ1v) is 13.5. The Morgan fingerprint density at radius 2 is 1.84 bits per heavy atom. The average Bonchev–Trinajstić information content (AvgIpc) is 3.34. The molecule has 11 heteroatoms. The summed E-state index contributed by atoms with van der Waals surface area (Å²) >= 11 is 12.4. The van der Waals surface area contributed by atoms with Crippen LogP contribution in [0, 0.1) is 0 Å². The summed E-state index contributed by atoms with van der Waals surface area (Å²) in [4.78, 5) is 34.9. The number of nitrogens with zero attached hydrogens (tertiary/aromatic N) is 4. The molecule has 4 heterocycles. The van der Waals surface area contributed by atoms with E-state index < -0.39 is 0 Å². The van der Waals surface area contributed by atoms with Crippen LogP contribution in [0.15, 0.2) is 65.1 Å². The zero-order chi connectivity index (χ0) is 26.5. The van der Waals surface area contributed by atoms with E-state index in [2.05, 4.69) is 26.2 Å². The van der Waals surface area contributed by atoms with Crippen molar-refractivity contribution in [1.29, 1.82) is 0 Å². The molecule has 2 aliphatic rings. The molecule has 1 aromatic carbocycles. The van der Waals surface area contributed by atoms with Crippen LogP contribution < -0.4 is 26.8 Å². The second-order valence-corrected chi connectivity index (χ2v) is 10.3. The number of carbonyl (C=O) groups is 1. The number of amides is 1. The molecule has 9 nitrogen and oxygen atoms in total. The number of carbonyl (C=O) groups excluding carboxylic acids is 1. The standard InChI is InChI=1S/C27H29Cl2N7O2/c28-19-8-9-23(36-16-25(29)33-34-36)20(14-19)21-15-27(38)35(17-32-21)24-6-2-1-3-11-31-26(37)7-4-5-18-10-12-30-22(24)13-18/h8-10,12-17,24,33-34H,1-7,11H2,(H,31,37)/t24-/m0/s1. The molecular formula is C27H29Cl2N7O2. The molecule has 3 aromatic rings. The summed E-state index contributed by atoms with van der Waals surface area (Å²) in [5.74, 6) is 0.102. The summed E-state index contributed by atoms with van der Waals surface area (Å²) in [5.41, 5.74) is 9.46. The van der Waals surface area contributed by atoms with E-state index in [0.717, 1.165) is 55.5 Å². The van der Waals surface area contributed by atoms with Crippen molar-refractivity contribution in [3.63, 3.8) is 0 Å². The molecular weight excluding hydrogens is 525 g/mol. The van der Waals surface area contributed by atoms with Crippen LogP contribution in [0.2, 0.25) is 5.02 Å². The number of hydrazine groups is 2. The van der Waals surface area contributed by atoms with Gasteiger partial charge in [-0.3, -0.25) is 29.6 Å². The van der Waals surface area contributed by atoms with Crippen LogP contribution >= 0.6 is 23.2 Å². The van der Waals surface area contributed by atoms with Crippen molar-refractivity contribution < 1.29 is 4.79 Å². The van der Waals surface area contributed by atoms with Crippen molar-refractivity contribution in [2.45, 2.75) is 51.0 Å². The van der Waals surface area contributed by atoms with E-state index in [1.54, 1.807) is 40.4 Å². The maximum absolute atomic E-state index is 13.5. The number of hydrogen-bond donors (Lipinski definition) is 3. The number of rotatable bonds is 3. The van der Waals surface area contributed by atoms with E-state index in [0.29, 0.717) is 34.4 Å². The number of fused-ring (bicyclic) bond motifs is 2. The SMILES string of the molecule is O=C1CCCc2ccnc(c2)[C@@H](n2cnc(-c3cc(Cl)ccc3N3C=C(Cl)NN3)cc2=O)CCCCCN1. The fourth-order valence-corrected chi connectivity index (χ4v) is 5.12. The van der Waals surface area contributed by atoms with Crippen LogP contribution in [0.25, 0.3) is 11.3 Å². The van der Waals surface area contributed by atoms with E-state index in [1.165, 1.54) is 6.07 Å². The topological polar surface area (TPSA) is 104 Å². The first kappa shape index (κ1) is 26.2. The Kier molecular flexibility index (Phi) is 8.26. The Hall–Kier alpha value is -3.40. The van der Waals surface area contributed by atoms with Gasteiger partial charge in [0.1, 0.15) is 5.16 Å². The highest BCUT2D eigenvalue weighted by Gasteiger charge is 2.21. The Balaban J connectivity index is 1.48. The highest BCUT2D eigenvalue weighted by Crippen LogP contribution is 2.33. The lowest BCUT2D eigenvalue weighted by atomic mass is 10.0. The summed E-state index contributed by atoms with van der Waals surface area (Å²) in [6.45, 7) is 0.674. The van der Waals surface area contributed by atoms with Crippen LogP contribution in [-0.4, -0.2) is 27.0 Å². The number of anilines is 1. The van der Waals surface area contributed by atoms with Crippen molar-refractivity contribution in [2.75, 3.05) is 11.6 Å². The molecule has 3 N–H and O–H groups in total. The molecule has 0 saturated heterocycles. The summed E-state index contributed by atoms with van der Waals surface area (Å²) in [5, 5.41) is 5.66. The molecule has 2 bridgehead atoms. The summed E-state index contributed by atoms with van der Waals surface area (Å²) in [7, 11) is 0. The molecule has 5 rings (SSSR count). The number of benzene rings is 1. The van der Waals surface area contributed by atoms with Gasteiger partial charge in [-0.1, -0.05) is 36.0 Å². The van der Waals surface area contributed by atoms with E-state index >= 15 is 0 Å². The molecule has 2 aliphatic heterocycles. The molecule has 38 heavy (non-hydrogen) atoms. The first-order chi connectivity index (χ1) is 18.5. The Labute approximate surface area is 230 Å². The monoisotopic (exact) mass is 553 g/mol. The molecule has 1 atom stereocenters. The third-order valence-electron chi connectivity index (χ3n) is 6.74. The van der Waals surface area contributed by atoms with E-state index in [-0.39, 0.29) is 17.5 Å². The molecule has 0 saturated carbocycles. The third kappa shape index (κ3) is 6.18. The van der Waals surface area contributed by atoms with E-state index in [9.17, 15) is 9.59 Å². The maximum atomic E-state index is 13.5. The van der Waals surface area contributed by atoms with Gasteiger partial charge in [-0.05, 0) is 61.6 Å². The van der Waals surface area contributed by atoms with Crippen LogP contribution in [-0.2, 0) is 11.2 Å². The maximum Gasteiger partial charge on any atom is 0.254 e. The number of hydrogen-bond acceptors (Lipinski definition) is 7. The van der Waals surface area contributed by atoms with Gasteiger partial charge in [0.05, 0.1) is 35.6 Å². The Bertz CT molecular complexity index is 1410. The van der Waals surface area contributed by atoms with Gasteiger partial charge in [-0.2, -0.15) is 0 Å². The van der Waals surface area contributed by atoms with Gasteiger partial charge in [0.25, 0.3) is 5.56 Å². The summed E-state index contributed by atoms with van der Waals surface area (Å²) < 4.78 is 1.67. The number of pyridine rings is 1. The Morgan fingerprint density at radius 3 is 2.66 bits per heavy atom. The lowest BCUT2D eigenvalue weighted by Gasteiger charge is -2.22. The van der Waals surface area contributed by atoms with Gasteiger partial charge in [-0.25, -0.2) is 4.98 Å². The number of aromatic nitrogens is 3. The fourth-order valence-electron chi connectivity index (χ4n) is 4.81. The molecule has 1 amide bonds.